The fourth-order valence-electron chi connectivity index (χ4n) is 5.80. The van der Waals surface area contributed by atoms with Crippen LogP contribution in [0.2, 0.25) is 0 Å². The highest BCUT2D eigenvalue weighted by molar-refractivity contribution is 7.18. The molecule has 258 valence electrons. The maximum atomic E-state index is 6.01. The number of nitrogens with zero attached hydrogens (tertiary/aromatic N) is 4. The predicted octanol–water partition coefficient (Wildman–Crippen LogP) is 11.8. The van der Waals surface area contributed by atoms with Crippen molar-refractivity contribution in [3.63, 3.8) is 0 Å². The average Bonchev–Trinajstić information content (AvgIpc) is 3.86. The lowest BCUT2D eigenvalue weighted by molar-refractivity contribution is 0.297. The Kier molecular flexibility index (Phi) is 13.1. The first-order valence-electron chi connectivity index (χ1n) is 18.0. The van der Waals surface area contributed by atoms with Crippen LogP contribution in [-0.2, 0) is 12.8 Å². The Labute approximate surface area is 304 Å². The van der Waals surface area contributed by atoms with Crippen LogP contribution in [0.5, 0.6) is 11.5 Å². The first-order valence-corrected chi connectivity index (χ1v) is 19.6. The van der Waals surface area contributed by atoms with E-state index in [9.17, 15) is 0 Å². The van der Waals surface area contributed by atoms with Gasteiger partial charge in [0.15, 0.2) is 0 Å². The van der Waals surface area contributed by atoms with Gasteiger partial charge in [0.2, 0.25) is 0 Å². The molecule has 0 aliphatic carbocycles. The second kappa shape index (κ2) is 18.6. The third-order valence-electron chi connectivity index (χ3n) is 8.61. The number of hydrogen-bond donors (Lipinski definition) is 0. The number of rotatable bonds is 19. The number of ether oxygens (including phenoxy) is 2. The summed E-state index contributed by atoms with van der Waals surface area (Å²) in [5.74, 6) is 1.80. The summed E-state index contributed by atoms with van der Waals surface area (Å²) in [7, 11) is 0. The summed E-state index contributed by atoms with van der Waals surface area (Å²) in [5, 5.41) is 21.5. The topological polar surface area (TPSA) is 70.0 Å². The van der Waals surface area contributed by atoms with Crippen LogP contribution in [0.15, 0.2) is 97.1 Å². The van der Waals surface area contributed by atoms with E-state index in [-0.39, 0.29) is 0 Å². The Bertz CT molecular complexity index is 1730. The Morgan fingerprint density at radius 1 is 0.400 bits per heavy atom. The van der Waals surface area contributed by atoms with Gasteiger partial charge in [-0.25, -0.2) is 0 Å². The van der Waals surface area contributed by atoms with Gasteiger partial charge in [0.05, 0.1) is 13.2 Å². The summed E-state index contributed by atoms with van der Waals surface area (Å²) in [6.45, 7) is 5.88. The number of benzene rings is 4. The molecular formula is C42H46N4O2S2. The van der Waals surface area contributed by atoms with E-state index in [1.165, 1.54) is 36.8 Å². The zero-order valence-corrected chi connectivity index (χ0v) is 30.8. The molecule has 2 heterocycles. The van der Waals surface area contributed by atoms with Crippen molar-refractivity contribution in [1.82, 2.24) is 20.4 Å². The van der Waals surface area contributed by atoms with Crippen molar-refractivity contribution in [2.45, 2.75) is 78.1 Å². The summed E-state index contributed by atoms with van der Waals surface area (Å²) in [4.78, 5) is 0. The van der Waals surface area contributed by atoms with E-state index in [4.69, 9.17) is 9.47 Å². The molecular weight excluding hydrogens is 657 g/mol. The number of aromatic nitrogens is 4. The Balaban J connectivity index is 0.822. The number of unbranched alkanes of at least 4 members (excludes halogenated alkanes) is 5. The van der Waals surface area contributed by atoms with E-state index in [1.807, 2.05) is 24.3 Å². The minimum Gasteiger partial charge on any atom is -0.494 e. The molecule has 50 heavy (non-hydrogen) atoms. The van der Waals surface area contributed by atoms with Crippen molar-refractivity contribution in [3.05, 3.63) is 108 Å². The molecule has 4 aromatic carbocycles. The highest BCUT2D eigenvalue weighted by Crippen LogP contribution is 2.32. The lowest BCUT2D eigenvalue weighted by Crippen LogP contribution is -1.98. The molecule has 2 aromatic heterocycles. The van der Waals surface area contributed by atoms with Gasteiger partial charge < -0.3 is 9.47 Å². The monoisotopic (exact) mass is 702 g/mol. The van der Waals surface area contributed by atoms with Crippen LogP contribution in [0, 0.1) is 0 Å². The normalized spacial score (nSPS) is 11.2. The largest absolute Gasteiger partial charge is 0.494 e. The highest BCUT2D eigenvalue weighted by Gasteiger charge is 2.11. The van der Waals surface area contributed by atoms with Crippen molar-refractivity contribution in [2.24, 2.45) is 0 Å². The van der Waals surface area contributed by atoms with Crippen LogP contribution in [0.25, 0.3) is 42.3 Å². The Morgan fingerprint density at radius 3 is 1.02 bits per heavy atom. The van der Waals surface area contributed by atoms with Gasteiger partial charge in [-0.3, -0.25) is 0 Å². The Morgan fingerprint density at radius 2 is 0.700 bits per heavy atom. The van der Waals surface area contributed by atoms with Gasteiger partial charge in [-0.05, 0) is 85.3 Å². The molecule has 6 nitrogen and oxygen atoms in total. The van der Waals surface area contributed by atoms with Crippen molar-refractivity contribution >= 4 is 22.7 Å². The summed E-state index contributed by atoms with van der Waals surface area (Å²) in [6, 6.07) is 33.8. The molecule has 0 saturated heterocycles. The van der Waals surface area contributed by atoms with E-state index in [2.05, 4.69) is 107 Å². The van der Waals surface area contributed by atoms with Crippen LogP contribution < -0.4 is 9.47 Å². The highest BCUT2D eigenvalue weighted by atomic mass is 32.1. The molecule has 6 rings (SSSR count). The third-order valence-corrected chi connectivity index (χ3v) is 10.7. The molecule has 0 unspecified atom stereocenters. The van der Waals surface area contributed by atoms with Gasteiger partial charge in [-0.2, -0.15) is 0 Å². The quantitative estimate of drug-likeness (QED) is 0.0783. The average molecular weight is 703 g/mol. The summed E-state index contributed by atoms with van der Waals surface area (Å²) in [6.07, 6.45) is 11.4. The van der Waals surface area contributed by atoms with Gasteiger partial charge in [-0.1, -0.05) is 124 Å². The molecule has 0 saturated carbocycles. The van der Waals surface area contributed by atoms with Crippen molar-refractivity contribution in [1.29, 1.82) is 0 Å². The molecule has 0 aliphatic heterocycles. The van der Waals surface area contributed by atoms with Gasteiger partial charge in [-0.15, -0.1) is 20.4 Å². The maximum absolute atomic E-state index is 6.01. The number of hydrogen-bond acceptors (Lipinski definition) is 8. The van der Waals surface area contributed by atoms with Gasteiger partial charge in [0, 0.05) is 22.3 Å². The minimum absolute atomic E-state index is 0.736. The molecule has 0 aliphatic rings. The summed E-state index contributed by atoms with van der Waals surface area (Å²) < 4.78 is 12.0. The summed E-state index contributed by atoms with van der Waals surface area (Å²) >= 11 is 3.25. The molecule has 0 atom stereocenters. The zero-order valence-electron chi connectivity index (χ0n) is 29.1. The number of aryl methyl sites for hydroxylation is 2. The molecule has 6 aromatic rings. The summed E-state index contributed by atoms with van der Waals surface area (Å²) in [5.41, 5.74) is 7.09. The standard InChI is InChI=1S/C42H46N4O2S2/c1-3-11-31-13-17-33(18-14-31)39-43-45-41(49-39)35-21-25-37(26-22-35)47-29-9-7-5-6-8-10-30-48-38-27-23-36(24-28-38)42-46-44-40(50-42)34-19-15-32(12-4-2)16-20-34/h13-28H,3-12,29-30H2,1-2H3. The van der Waals surface area contributed by atoms with Crippen molar-refractivity contribution in [3.8, 4) is 53.8 Å². The van der Waals surface area contributed by atoms with Gasteiger partial charge in [0.1, 0.15) is 31.5 Å². The second-order valence-corrected chi connectivity index (χ2v) is 14.5. The predicted molar refractivity (Wildman–Crippen MR) is 208 cm³/mol. The molecule has 0 fully saturated rings. The fraction of sp³-hybridized carbons (Fsp3) is 0.333. The third kappa shape index (κ3) is 10.1. The first-order chi connectivity index (χ1) is 24.7. The van der Waals surface area contributed by atoms with Crippen LogP contribution >= 0.6 is 22.7 Å². The molecule has 0 spiro atoms. The molecule has 0 N–H and O–H groups in total. The van der Waals surface area contributed by atoms with E-state index in [1.54, 1.807) is 22.7 Å². The van der Waals surface area contributed by atoms with Crippen LogP contribution in [0.4, 0.5) is 0 Å². The molecule has 0 bridgehead atoms. The molecule has 0 amide bonds. The first kappa shape index (κ1) is 35.4. The molecule has 0 radical (unpaired) electrons. The Hall–Kier alpha value is -4.40. The van der Waals surface area contributed by atoms with E-state index in [0.29, 0.717) is 0 Å². The van der Waals surface area contributed by atoms with Gasteiger partial charge in [0.25, 0.3) is 0 Å². The van der Waals surface area contributed by atoms with Crippen LogP contribution in [0.3, 0.4) is 0 Å². The smallest absolute Gasteiger partial charge is 0.148 e. The lowest BCUT2D eigenvalue weighted by atomic mass is 10.1. The van der Waals surface area contributed by atoms with E-state index in [0.717, 1.165) is 106 Å². The zero-order chi connectivity index (χ0) is 34.4. The van der Waals surface area contributed by atoms with E-state index >= 15 is 0 Å². The van der Waals surface area contributed by atoms with Gasteiger partial charge >= 0.3 is 0 Å². The van der Waals surface area contributed by atoms with Crippen LogP contribution in [-0.4, -0.2) is 33.6 Å². The second-order valence-electron chi connectivity index (χ2n) is 12.6. The maximum Gasteiger partial charge on any atom is 0.148 e. The van der Waals surface area contributed by atoms with Crippen molar-refractivity contribution < 1.29 is 9.47 Å². The molecule has 8 heteroatoms. The fourth-order valence-corrected chi connectivity index (χ4v) is 7.51. The minimum atomic E-state index is 0.736. The lowest BCUT2D eigenvalue weighted by Gasteiger charge is -2.08. The van der Waals surface area contributed by atoms with E-state index < -0.39 is 0 Å². The van der Waals surface area contributed by atoms with Crippen LogP contribution in [0.1, 0.15) is 76.3 Å². The SMILES string of the molecule is CCCc1ccc(-c2nnc(-c3ccc(OCCCCCCCCOc4ccc(-c5nnc(-c6ccc(CCC)cc6)s5)cc4)cc3)s2)cc1. The van der Waals surface area contributed by atoms with Crippen molar-refractivity contribution in [2.75, 3.05) is 13.2 Å².